The van der Waals surface area contributed by atoms with E-state index in [-0.39, 0.29) is 11.9 Å². The lowest BCUT2D eigenvalue weighted by Crippen LogP contribution is -2.57. The predicted molar refractivity (Wildman–Crippen MR) is 59.8 cm³/mol. The highest BCUT2D eigenvalue weighted by Gasteiger charge is 2.35. The van der Waals surface area contributed by atoms with Crippen LogP contribution in [0.5, 0.6) is 0 Å². The molecule has 1 unspecified atom stereocenters. The van der Waals surface area contributed by atoms with Gasteiger partial charge in [0.1, 0.15) is 0 Å². The third-order valence-electron chi connectivity index (χ3n) is 3.63. The Labute approximate surface area is 108 Å². The number of ketones is 1. The summed E-state index contributed by atoms with van der Waals surface area (Å²) in [7, 11) is 0. The van der Waals surface area contributed by atoms with E-state index < -0.39 is 18.6 Å². The molecule has 0 aromatic carbocycles. The molecule has 2 bridgehead atoms. The van der Waals surface area contributed by atoms with Crippen molar-refractivity contribution in [3.05, 3.63) is 11.7 Å². The lowest BCUT2D eigenvalue weighted by Gasteiger charge is -2.46. The van der Waals surface area contributed by atoms with Gasteiger partial charge in [-0.15, -0.1) is 0 Å². The van der Waals surface area contributed by atoms with Crippen LogP contribution in [0.4, 0.5) is 8.78 Å². The molecule has 8 heteroatoms. The van der Waals surface area contributed by atoms with Crippen LogP contribution in [0.2, 0.25) is 0 Å². The molecule has 0 spiro atoms. The summed E-state index contributed by atoms with van der Waals surface area (Å²) in [6.45, 7) is 4.78. The Morgan fingerprint density at radius 1 is 1.37 bits per heavy atom. The van der Waals surface area contributed by atoms with E-state index in [9.17, 15) is 13.6 Å². The summed E-state index contributed by atoms with van der Waals surface area (Å²) in [6, 6.07) is 0.0432. The monoisotopic (exact) mass is 272 g/mol. The molecule has 1 atom stereocenters. The molecule has 3 fully saturated rings. The first kappa shape index (κ1) is 12.6. The predicted octanol–water partition coefficient (Wildman–Crippen LogP) is 0.119. The number of fused-ring (bicyclic) bond motifs is 3. The van der Waals surface area contributed by atoms with Crippen LogP contribution in [0, 0.1) is 0 Å². The molecule has 1 aromatic rings. The highest BCUT2D eigenvalue weighted by atomic mass is 19.3. The van der Waals surface area contributed by atoms with Gasteiger partial charge in [-0.25, -0.2) is 8.78 Å². The molecule has 3 aliphatic heterocycles. The number of alkyl halides is 2. The van der Waals surface area contributed by atoms with Gasteiger partial charge >= 0.3 is 0 Å². The van der Waals surface area contributed by atoms with E-state index in [1.165, 1.54) is 0 Å². The van der Waals surface area contributed by atoms with Crippen molar-refractivity contribution >= 4 is 5.78 Å². The molecule has 0 radical (unpaired) electrons. The quantitative estimate of drug-likeness (QED) is 0.775. The van der Waals surface area contributed by atoms with E-state index in [4.69, 9.17) is 4.52 Å². The van der Waals surface area contributed by atoms with Gasteiger partial charge in [-0.05, 0) is 0 Å². The first-order chi connectivity index (χ1) is 9.13. The van der Waals surface area contributed by atoms with Crippen molar-refractivity contribution in [2.75, 3.05) is 32.7 Å². The topological polar surface area (TPSA) is 62.5 Å². The number of nitrogens with zero attached hydrogens (tertiary/aromatic N) is 4. The van der Waals surface area contributed by atoms with Crippen LogP contribution in [-0.2, 0) is 11.2 Å². The molecule has 0 amide bonds. The molecule has 0 aliphatic carbocycles. The fourth-order valence-corrected chi connectivity index (χ4v) is 2.56. The van der Waals surface area contributed by atoms with Crippen molar-refractivity contribution in [2.24, 2.45) is 0 Å². The van der Waals surface area contributed by atoms with Crippen LogP contribution in [0.15, 0.2) is 4.52 Å². The van der Waals surface area contributed by atoms with Gasteiger partial charge in [0.2, 0.25) is 11.7 Å². The second-order valence-electron chi connectivity index (χ2n) is 4.84. The largest absolute Gasteiger partial charge is 0.339 e. The Morgan fingerprint density at radius 3 is 2.68 bits per heavy atom. The van der Waals surface area contributed by atoms with Gasteiger partial charge in [0.25, 0.3) is 6.43 Å². The zero-order chi connectivity index (χ0) is 13.4. The molecule has 4 heterocycles. The molecule has 6 nitrogen and oxygen atoms in total. The maximum Gasteiger partial charge on any atom is 0.296 e. The second kappa shape index (κ2) is 4.93. The van der Waals surface area contributed by atoms with Gasteiger partial charge in [0.15, 0.2) is 5.82 Å². The number of hydrogen-bond donors (Lipinski definition) is 0. The number of hydrogen-bond acceptors (Lipinski definition) is 6. The average molecular weight is 272 g/mol. The van der Waals surface area contributed by atoms with Crippen LogP contribution in [0.1, 0.15) is 17.8 Å². The summed E-state index contributed by atoms with van der Waals surface area (Å²) in [5.41, 5.74) is 0. The van der Waals surface area contributed by atoms with Crippen molar-refractivity contribution < 1.29 is 18.1 Å². The van der Waals surface area contributed by atoms with Gasteiger partial charge in [0.05, 0.1) is 12.5 Å². The SMILES string of the molecule is O=C(Cc1nc(C2CN3CCN2CC3)no1)C(F)F. The van der Waals surface area contributed by atoms with E-state index in [0.29, 0.717) is 5.82 Å². The minimum Gasteiger partial charge on any atom is -0.339 e. The Kier molecular flexibility index (Phi) is 3.28. The zero-order valence-corrected chi connectivity index (χ0v) is 10.3. The van der Waals surface area contributed by atoms with Gasteiger partial charge in [-0.2, -0.15) is 4.98 Å². The molecular weight excluding hydrogens is 258 g/mol. The van der Waals surface area contributed by atoms with Crippen LogP contribution in [0.3, 0.4) is 0 Å². The lowest BCUT2D eigenvalue weighted by atomic mass is 10.1. The normalized spacial score (nSPS) is 29.9. The van der Waals surface area contributed by atoms with Crippen molar-refractivity contribution in [1.29, 1.82) is 0 Å². The summed E-state index contributed by atoms with van der Waals surface area (Å²) in [5.74, 6) is -0.733. The zero-order valence-electron chi connectivity index (χ0n) is 10.3. The van der Waals surface area contributed by atoms with E-state index in [2.05, 4.69) is 19.9 Å². The Morgan fingerprint density at radius 2 is 2.11 bits per heavy atom. The number of Topliss-reactive ketones (excluding diaryl/α,β-unsaturated/α-hetero) is 1. The van der Waals surface area contributed by atoms with Crippen molar-refractivity contribution in [2.45, 2.75) is 18.9 Å². The van der Waals surface area contributed by atoms with E-state index >= 15 is 0 Å². The third-order valence-corrected chi connectivity index (χ3v) is 3.63. The maximum absolute atomic E-state index is 12.1. The fourth-order valence-electron chi connectivity index (χ4n) is 2.56. The third kappa shape index (κ3) is 2.50. The van der Waals surface area contributed by atoms with Crippen LogP contribution < -0.4 is 0 Å². The lowest BCUT2D eigenvalue weighted by molar-refractivity contribution is -0.129. The molecular formula is C11H14F2N4O2. The van der Waals surface area contributed by atoms with Crippen molar-refractivity contribution in [1.82, 2.24) is 19.9 Å². The number of halogens is 2. The molecule has 3 saturated heterocycles. The fraction of sp³-hybridized carbons (Fsp3) is 0.727. The highest BCUT2D eigenvalue weighted by Crippen LogP contribution is 2.26. The number of carbonyl (C=O) groups excluding carboxylic acids is 1. The minimum atomic E-state index is -2.99. The number of carbonyl (C=O) groups is 1. The smallest absolute Gasteiger partial charge is 0.296 e. The number of piperazine rings is 3. The summed E-state index contributed by atoms with van der Waals surface area (Å²) in [5, 5.41) is 3.82. The maximum atomic E-state index is 12.1. The molecule has 19 heavy (non-hydrogen) atoms. The first-order valence-corrected chi connectivity index (χ1v) is 6.23. The Balaban J connectivity index is 1.69. The molecule has 4 rings (SSSR count). The van der Waals surface area contributed by atoms with Crippen LogP contribution >= 0.6 is 0 Å². The van der Waals surface area contributed by atoms with Gasteiger partial charge in [-0.1, -0.05) is 5.16 Å². The molecule has 0 N–H and O–H groups in total. The van der Waals surface area contributed by atoms with Crippen LogP contribution in [0.25, 0.3) is 0 Å². The average Bonchev–Trinajstić information content (AvgIpc) is 2.88. The highest BCUT2D eigenvalue weighted by molar-refractivity contribution is 5.82. The first-order valence-electron chi connectivity index (χ1n) is 6.23. The van der Waals surface area contributed by atoms with Crippen molar-refractivity contribution in [3.8, 4) is 0 Å². The second-order valence-corrected chi connectivity index (χ2v) is 4.84. The van der Waals surface area contributed by atoms with Gasteiger partial charge in [-0.3, -0.25) is 14.6 Å². The van der Waals surface area contributed by atoms with E-state index in [0.717, 1.165) is 32.7 Å². The summed E-state index contributed by atoms with van der Waals surface area (Å²) < 4.78 is 29.2. The minimum absolute atomic E-state index is 0.0297. The van der Waals surface area contributed by atoms with Crippen molar-refractivity contribution in [3.63, 3.8) is 0 Å². The molecule has 3 aliphatic rings. The summed E-state index contributed by atoms with van der Waals surface area (Å²) >= 11 is 0. The molecule has 1 aromatic heterocycles. The number of aromatic nitrogens is 2. The van der Waals surface area contributed by atoms with Crippen LogP contribution in [-0.4, -0.2) is 64.9 Å². The summed E-state index contributed by atoms with van der Waals surface area (Å²) in [6.07, 6.45) is -3.49. The van der Waals surface area contributed by atoms with Gasteiger partial charge in [0, 0.05) is 32.7 Å². The molecule has 0 saturated carbocycles. The number of rotatable bonds is 4. The summed E-state index contributed by atoms with van der Waals surface area (Å²) in [4.78, 5) is 19.6. The molecule has 104 valence electrons. The Hall–Kier alpha value is -1.41. The van der Waals surface area contributed by atoms with E-state index in [1.54, 1.807) is 0 Å². The standard InChI is InChI=1S/C11H14F2N4O2/c12-10(13)8(18)5-9-14-11(15-19-9)7-6-16-1-3-17(7)4-2-16/h7,10H,1-6H2. The van der Waals surface area contributed by atoms with Gasteiger partial charge < -0.3 is 4.52 Å². The Bertz CT molecular complexity index is 471. The van der Waals surface area contributed by atoms with E-state index in [1.807, 2.05) is 0 Å².